The molecule has 18 heavy (non-hydrogen) atoms. The molecule has 108 valence electrons. The average Bonchev–Trinajstić information content (AvgIpc) is 2.23. The Labute approximate surface area is 110 Å². The van der Waals surface area contributed by atoms with Crippen molar-refractivity contribution in [3.63, 3.8) is 0 Å². The van der Waals surface area contributed by atoms with Crippen molar-refractivity contribution in [2.45, 2.75) is 64.7 Å². The number of carboxylic acids is 1. The van der Waals surface area contributed by atoms with E-state index in [-0.39, 0.29) is 5.92 Å². The van der Waals surface area contributed by atoms with Gasteiger partial charge in [0.2, 0.25) is 10.0 Å². The van der Waals surface area contributed by atoms with Crippen LogP contribution in [0.25, 0.3) is 0 Å². The Kier molecular flexibility index (Phi) is 7.47. The summed E-state index contributed by atoms with van der Waals surface area (Å²) in [6.45, 7) is 7.46. The molecule has 0 amide bonds. The molecule has 0 aliphatic heterocycles. The van der Waals surface area contributed by atoms with Crippen molar-refractivity contribution in [2.75, 3.05) is 0 Å². The first kappa shape index (κ1) is 17.4. The minimum atomic E-state index is -3.56. The van der Waals surface area contributed by atoms with Crippen molar-refractivity contribution in [1.29, 1.82) is 0 Å². The first-order valence-electron chi connectivity index (χ1n) is 6.48. The molecular formula is C12H25NO4S. The summed E-state index contributed by atoms with van der Waals surface area (Å²) in [4.78, 5) is 11.1. The van der Waals surface area contributed by atoms with E-state index in [2.05, 4.69) is 4.72 Å². The zero-order valence-electron chi connectivity index (χ0n) is 11.6. The molecule has 0 aliphatic carbocycles. The van der Waals surface area contributed by atoms with E-state index < -0.39 is 27.3 Å². The Morgan fingerprint density at radius 1 is 1.28 bits per heavy atom. The predicted molar refractivity (Wildman–Crippen MR) is 71.9 cm³/mol. The molecule has 0 rings (SSSR count). The third-order valence-corrected chi connectivity index (χ3v) is 4.88. The molecule has 2 N–H and O–H groups in total. The van der Waals surface area contributed by atoms with Gasteiger partial charge in [-0.15, -0.1) is 0 Å². The molecule has 1 unspecified atom stereocenters. The van der Waals surface area contributed by atoms with E-state index in [4.69, 9.17) is 5.11 Å². The minimum Gasteiger partial charge on any atom is -0.480 e. The Morgan fingerprint density at radius 2 is 1.83 bits per heavy atom. The zero-order valence-corrected chi connectivity index (χ0v) is 12.5. The molecule has 2 atom stereocenters. The summed E-state index contributed by atoms with van der Waals surface area (Å²) in [6.07, 6.45) is 2.12. The topological polar surface area (TPSA) is 83.5 Å². The van der Waals surface area contributed by atoms with Gasteiger partial charge in [0, 0.05) is 0 Å². The molecule has 0 aromatic rings. The minimum absolute atomic E-state index is 0.125. The van der Waals surface area contributed by atoms with E-state index in [1.165, 1.54) is 0 Å². The van der Waals surface area contributed by atoms with Crippen LogP contribution in [0.2, 0.25) is 0 Å². The first-order chi connectivity index (χ1) is 8.24. The van der Waals surface area contributed by atoms with Gasteiger partial charge < -0.3 is 5.11 Å². The van der Waals surface area contributed by atoms with Gasteiger partial charge >= 0.3 is 5.97 Å². The summed E-state index contributed by atoms with van der Waals surface area (Å²) >= 11 is 0. The van der Waals surface area contributed by atoms with E-state index in [1.54, 1.807) is 6.92 Å². The third kappa shape index (κ3) is 5.82. The van der Waals surface area contributed by atoms with E-state index in [9.17, 15) is 13.2 Å². The van der Waals surface area contributed by atoms with E-state index in [0.717, 1.165) is 6.42 Å². The molecule has 0 saturated heterocycles. The Bertz CT molecular complexity index is 351. The van der Waals surface area contributed by atoms with Crippen LogP contribution in [0, 0.1) is 5.92 Å². The van der Waals surface area contributed by atoms with Gasteiger partial charge in [0.05, 0.1) is 5.25 Å². The summed E-state index contributed by atoms with van der Waals surface area (Å²) in [5, 5.41) is 8.54. The zero-order chi connectivity index (χ0) is 14.3. The average molecular weight is 279 g/mol. The maximum Gasteiger partial charge on any atom is 0.321 e. The monoisotopic (exact) mass is 279 g/mol. The SMILES string of the molecule is CCCC(CC)S(=O)(=O)N[C@@H](CC(C)C)C(=O)O. The van der Waals surface area contributed by atoms with Crippen LogP contribution in [0.3, 0.4) is 0 Å². The van der Waals surface area contributed by atoms with Gasteiger partial charge in [-0.2, -0.15) is 0 Å². The highest BCUT2D eigenvalue weighted by Gasteiger charge is 2.29. The fourth-order valence-electron chi connectivity index (χ4n) is 1.87. The molecule has 0 fully saturated rings. The Morgan fingerprint density at radius 3 is 2.17 bits per heavy atom. The lowest BCUT2D eigenvalue weighted by molar-refractivity contribution is -0.139. The molecule has 0 aromatic carbocycles. The maximum atomic E-state index is 12.1. The highest BCUT2D eigenvalue weighted by molar-refractivity contribution is 7.90. The predicted octanol–water partition coefficient (Wildman–Crippen LogP) is 1.98. The third-order valence-electron chi connectivity index (χ3n) is 2.82. The normalized spacial score (nSPS) is 15.6. The van der Waals surface area contributed by atoms with Gasteiger partial charge in [0.15, 0.2) is 0 Å². The molecule has 0 radical (unpaired) electrons. The van der Waals surface area contributed by atoms with Gasteiger partial charge in [-0.1, -0.05) is 34.1 Å². The van der Waals surface area contributed by atoms with E-state index in [1.807, 2.05) is 20.8 Å². The van der Waals surface area contributed by atoms with E-state index >= 15 is 0 Å². The molecule has 0 aliphatic rings. The molecule has 0 spiro atoms. The fraction of sp³-hybridized carbons (Fsp3) is 0.917. The number of hydrogen-bond donors (Lipinski definition) is 2. The number of carboxylic acid groups (broad SMARTS) is 1. The Balaban J connectivity index is 4.84. The van der Waals surface area contributed by atoms with Crippen LogP contribution in [-0.2, 0) is 14.8 Å². The van der Waals surface area contributed by atoms with Crippen LogP contribution in [0.5, 0.6) is 0 Å². The van der Waals surface area contributed by atoms with Gasteiger partial charge in [0.1, 0.15) is 6.04 Å². The number of rotatable bonds is 9. The summed E-state index contributed by atoms with van der Waals surface area (Å²) in [5.41, 5.74) is 0. The lowest BCUT2D eigenvalue weighted by Crippen LogP contribution is -2.45. The number of aliphatic carboxylic acids is 1. The van der Waals surface area contributed by atoms with E-state index in [0.29, 0.717) is 19.3 Å². The van der Waals surface area contributed by atoms with Crippen LogP contribution >= 0.6 is 0 Å². The standard InChI is InChI=1S/C12H25NO4S/c1-5-7-10(6-2)18(16,17)13-11(12(14)15)8-9(3)4/h9-11,13H,5-8H2,1-4H3,(H,14,15)/t10?,11-/m0/s1. The quantitative estimate of drug-likeness (QED) is 0.676. The lowest BCUT2D eigenvalue weighted by Gasteiger charge is -2.21. The Hall–Kier alpha value is -0.620. The largest absolute Gasteiger partial charge is 0.480 e. The molecule has 0 bridgehead atoms. The maximum absolute atomic E-state index is 12.1. The number of nitrogens with one attached hydrogen (secondary N) is 1. The molecule has 0 saturated carbocycles. The lowest BCUT2D eigenvalue weighted by atomic mass is 10.1. The second-order valence-electron chi connectivity index (χ2n) is 5.00. The van der Waals surface area contributed by atoms with Gasteiger partial charge in [-0.05, 0) is 25.2 Å². The van der Waals surface area contributed by atoms with Gasteiger partial charge in [0.25, 0.3) is 0 Å². The first-order valence-corrected chi connectivity index (χ1v) is 8.03. The molecule has 6 heteroatoms. The summed E-state index contributed by atoms with van der Waals surface area (Å²) in [7, 11) is -3.56. The highest BCUT2D eigenvalue weighted by atomic mass is 32.2. The highest BCUT2D eigenvalue weighted by Crippen LogP contribution is 2.14. The van der Waals surface area contributed by atoms with Crippen molar-refractivity contribution in [1.82, 2.24) is 4.72 Å². The number of hydrogen-bond acceptors (Lipinski definition) is 3. The number of sulfonamides is 1. The van der Waals surface area contributed by atoms with Crippen LogP contribution in [-0.4, -0.2) is 30.8 Å². The molecule has 5 nitrogen and oxygen atoms in total. The fourth-order valence-corrected chi connectivity index (χ4v) is 3.64. The van der Waals surface area contributed by atoms with Crippen LogP contribution in [0.1, 0.15) is 53.4 Å². The smallest absolute Gasteiger partial charge is 0.321 e. The summed E-state index contributed by atoms with van der Waals surface area (Å²) < 4.78 is 26.5. The van der Waals surface area contributed by atoms with Crippen LogP contribution in [0.4, 0.5) is 0 Å². The van der Waals surface area contributed by atoms with Crippen molar-refractivity contribution < 1.29 is 18.3 Å². The molecule has 0 aromatic heterocycles. The van der Waals surface area contributed by atoms with Gasteiger partial charge in [-0.3, -0.25) is 4.79 Å². The van der Waals surface area contributed by atoms with Crippen LogP contribution in [0.15, 0.2) is 0 Å². The summed E-state index contributed by atoms with van der Waals surface area (Å²) in [5.74, 6) is -0.987. The van der Waals surface area contributed by atoms with Crippen molar-refractivity contribution in [2.24, 2.45) is 5.92 Å². The number of carbonyl (C=O) groups is 1. The van der Waals surface area contributed by atoms with Crippen molar-refractivity contribution in [3.8, 4) is 0 Å². The summed E-state index contributed by atoms with van der Waals surface area (Å²) in [6, 6.07) is -1.03. The van der Waals surface area contributed by atoms with Crippen molar-refractivity contribution >= 4 is 16.0 Å². The van der Waals surface area contributed by atoms with Gasteiger partial charge in [-0.25, -0.2) is 13.1 Å². The second kappa shape index (κ2) is 7.74. The van der Waals surface area contributed by atoms with Crippen molar-refractivity contribution in [3.05, 3.63) is 0 Å². The molecule has 0 heterocycles. The van der Waals surface area contributed by atoms with Crippen LogP contribution < -0.4 is 4.72 Å². The second-order valence-corrected chi connectivity index (χ2v) is 6.99. The molecular weight excluding hydrogens is 254 g/mol.